The van der Waals surface area contributed by atoms with Crippen LogP contribution in [0.5, 0.6) is 0 Å². The van der Waals surface area contributed by atoms with E-state index in [9.17, 15) is 0 Å². The molecule has 0 nitrogen and oxygen atoms in total. The molecule has 0 fully saturated rings. The van der Waals surface area contributed by atoms with Gasteiger partial charge in [-0.2, -0.15) is 0 Å². The van der Waals surface area contributed by atoms with Crippen LogP contribution in [0.15, 0.2) is 12.2 Å². The fourth-order valence-corrected chi connectivity index (χ4v) is 2.55. The first-order valence-electron chi connectivity index (χ1n) is 9.21. The fraction of sp³-hybridized carbons (Fsp3) is 0.905. The Morgan fingerprint density at radius 1 is 0.619 bits per heavy atom. The van der Waals surface area contributed by atoms with E-state index in [4.69, 9.17) is 0 Å². The Morgan fingerprint density at radius 2 is 1.05 bits per heavy atom. The Morgan fingerprint density at radius 3 is 1.52 bits per heavy atom. The molecule has 0 heteroatoms. The molecule has 128 valence electrons. The third-order valence-corrected chi connectivity index (χ3v) is 3.94. The largest absolute Gasteiger partial charge is 0.0885 e. The predicted molar refractivity (Wildman–Crippen MR) is 101 cm³/mol. The van der Waals surface area contributed by atoms with Crippen LogP contribution in [0.4, 0.5) is 0 Å². The predicted octanol–water partition coefficient (Wildman–Crippen LogP) is 8.32. The number of hydrogen-bond acceptors (Lipinski definition) is 0. The van der Waals surface area contributed by atoms with Crippen LogP contribution in [0.1, 0.15) is 119 Å². The van der Waals surface area contributed by atoms with Gasteiger partial charge >= 0.3 is 0 Å². The zero-order chi connectivity index (χ0) is 15.1. The zero-order valence-electron chi connectivity index (χ0n) is 14.8. The van der Waals surface area contributed by atoms with E-state index in [1.807, 2.05) is 0 Å². The maximum atomic E-state index is 2.41. The van der Waals surface area contributed by atoms with Gasteiger partial charge in [0.25, 0.3) is 0 Å². The molecule has 0 unspecified atom stereocenters. The number of rotatable bonds is 13. The summed E-state index contributed by atoms with van der Waals surface area (Å²) in [5, 5.41) is 0. The highest BCUT2D eigenvalue weighted by Gasteiger charge is 2.08. The lowest BCUT2D eigenvalue weighted by Crippen LogP contribution is -2.03. The summed E-state index contributed by atoms with van der Waals surface area (Å²) in [5.41, 5.74) is 0.525. The van der Waals surface area contributed by atoms with Crippen molar-refractivity contribution in [3.05, 3.63) is 12.2 Å². The van der Waals surface area contributed by atoms with Crippen molar-refractivity contribution in [2.45, 2.75) is 119 Å². The molecule has 0 N–H and O–H groups in total. The Bertz CT molecular complexity index is 207. The summed E-state index contributed by atoms with van der Waals surface area (Å²) < 4.78 is 0. The van der Waals surface area contributed by atoms with Gasteiger partial charge < -0.3 is 0 Å². The number of unbranched alkanes of at least 4 members (excludes halogenated alkanes) is 10. The highest BCUT2D eigenvalue weighted by Crippen LogP contribution is 2.22. The number of allylic oxidation sites excluding steroid dienone is 2. The smallest absolute Gasteiger partial charge is 0.0351 e. The minimum absolute atomic E-state index is 0. The van der Waals surface area contributed by atoms with Crippen LogP contribution in [0, 0.1) is 5.41 Å². The van der Waals surface area contributed by atoms with Crippen molar-refractivity contribution in [2.75, 3.05) is 0 Å². The quantitative estimate of drug-likeness (QED) is 0.237. The Hall–Kier alpha value is -0.260. The van der Waals surface area contributed by atoms with E-state index in [2.05, 4.69) is 39.8 Å². The molecular weight excluding hydrogens is 252 g/mol. The Balaban J connectivity index is 0. The second-order valence-electron chi connectivity index (χ2n) is 7.54. The van der Waals surface area contributed by atoms with Gasteiger partial charge in [0, 0.05) is 0 Å². The SMILES string of the molecule is C.CCCCCCCC/C=C\CCCCCCC(C)(C)C. The van der Waals surface area contributed by atoms with Crippen molar-refractivity contribution in [1.82, 2.24) is 0 Å². The molecule has 0 aromatic carbocycles. The molecule has 0 aliphatic carbocycles. The van der Waals surface area contributed by atoms with Crippen LogP contribution in [0.25, 0.3) is 0 Å². The van der Waals surface area contributed by atoms with Crippen molar-refractivity contribution in [3.63, 3.8) is 0 Å². The maximum Gasteiger partial charge on any atom is -0.0351 e. The van der Waals surface area contributed by atoms with Crippen molar-refractivity contribution in [1.29, 1.82) is 0 Å². The van der Waals surface area contributed by atoms with Gasteiger partial charge in [-0.05, 0) is 37.5 Å². The van der Waals surface area contributed by atoms with Gasteiger partial charge in [-0.25, -0.2) is 0 Å². The molecule has 0 rings (SSSR count). The summed E-state index contributed by atoms with van der Waals surface area (Å²) in [6.07, 6.45) is 22.9. The Kier molecular flexibility index (Phi) is 17.7. The lowest BCUT2D eigenvalue weighted by atomic mass is 9.89. The normalized spacial score (nSPS) is 11.8. The van der Waals surface area contributed by atoms with Gasteiger partial charge in [0.2, 0.25) is 0 Å². The van der Waals surface area contributed by atoms with Crippen LogP contribution in [-0.2, 0) is 0 Å². The summed E-state index contributed by atoms with van der Waals surface area (Å²) in [4.78, 5) is 0. The van der Waals surface area contributed by atoms with Gasteiger partial charge in [-0.15, -0.1) is 0 Å². The van der Waals surface area contributed by atoms with Gasteiger partial charge in [-0.1, -0.05) is 98.6 Å². The summed E-state index contributed by atoms with van der Waals surface area (Å²) in [6, 6.07) is 0. The number of hydrogen-bond donors (Lipinski definition) is 0. The van der Waals surface area contributed by atoms with Crippen LogP contribution < -0.4 is 0 Å². The lowest BCUT2D eigenvalue weighted by molar-refractivity contribution is 0.357. The van der Waals surface area contributed by atoms with Crippen molar-refractivity contribution in [3.8, 4) is 0 Å². The molecule has 0 amide bonds. The van der Waals surface area contributed by atoms with E-state index in [1.165, 1.54) is 83.5 Å². The summed E-state index contributed by atoms with van der Waals surface area (Å²) in [6.45, 7) is 9.32. The third-order valence-electron chi connectivity index (χ3n) is 3.94. The topological polar surface area (TPSA) is 0 Å². The standard InChI is InChI=1S/C20H40.CH4/c1-5-6-7-8-9-10-11-12-13-14-15-16-17-18-19-20(2,3)4;/h12-13H,5-11,14-19H2,1-4H3;1H4/b13-12-;. The van der Waals surface area contributed by atoms with Crippen LogP contribution in [0.3, 0.4) is 0 Å². The lowest BCUT2D eigenvalue weighted by Gasteiger charge is -2.17. The summed E-state index contributed by atoms with van der Waals surface area (Å²) >= 11 is 0. The third kappa shape index (κ3) is 22.2. The maximum absolute atomic E-state index is 2.41. The molecule has 0 aliphatic rings. The van der Waals surface area contributed by atoms with E-state index in [1.54, 1.807) is 0 Å². The molecule has 0 aromatic rings. The minimum Gasteiger partial charge on any atom is -0.0885 e. The molecule has 0 saturated carbocycles. The molecule has 0 bridgehead atoms. The molecule has 0 aromatic heterocycles. The monoisotopic (exact) mass is 296 g/mol. The summed E-state index contributed by atoms with van der Waals surface area (Å²) in [7, 11) is 0. The van der Waals surface area contributed by atoms with Crippen LogP contribution in [0.2, 0.25) is 0 Å². The summed E-state index contributed by atoms with van der Waals surface area (Å²) in [5.74, 6) is 0. The van der Waals surface area contributed by atoms with Crippen molar-refractivity contribution >= 4 is 0 Å². The van der Waals surface area contributed by atoms with Gasteiger partial charge in [-0.3, -0.25) is 0 Å². The van der Waals surface area contributed by atoms with Gasteiger partial charge in [0.15, 0.2) is 0 Å². The average Bonchev–Trinajstić information content (AvgIpc) is 2.38. The van der Waals surface area contributed by atoms with E-state index in [0.29, 0.717) is 5.41 Å². The van der Waals surface area contributed by atoms with Crippen LogP contribution >= 0.6 is 0 Å². The molecule has 0 aliphatic heterocycles. The second-order valence-corrected chi connectivity index (χ2v) is 7.54. The molecule has 0 spiro atoms. The average molecular weight is 297 g/mol. The fourth-order valence-electron chi connectivity index (χ4n) is 2.55. The zero-order valence-corrected chi connectivity index (χ0v) is 14.8. The van der Waals surface area contributed by atoms with Crippen molar-refractivity contribution in [2.24, 2.45) is 5.41 Å². The molecule has 0 saturated heterocycles. The highest BCUT2D eigenvalue weighted by molar-refractivity contribution is 4.81. The minimum atomic E-state index is 0. The molecule has 0 radical (unpaired) electrons. The van der Waals surface area contributed by atoms with E-state index in [-0.39, 0.29) is 7.43 Å². The first-order chi connectivity index (χ1) is 9.56. The van der Waals surface area contributed by atoms with Crippen molar-refractivity contribution < 1.29 is 0 Å². The molecular formula is C21H44. The molecule has 0 heterocycles. The van der Waals surface area contributed by atoms with E-state index < -0.39 is 0 Å². The van der Waals surface area contributed by atoms with Gasteiger partial charge in [0.05, 0.1) is 0 Å². The highest BCUT2D eigenvalue weighted by atomic mass is 14.1. The molecule has 21 heavy (non-hydrogen) atoms. The molecule has 0 atom stereocenters. The first-order valence-corrected chi connectivity index (χ1v) is 9.21. The van der Waals surface area contributed by atoms with Crippen LogP contribution in [-0.4, -0.2) is 0 Å². The first kappa shape index (κ1) is 23.0. The van der Waals surface area contributed by atoms with E-state index >= 15 is 0 Å². The van der Waals surface area contributed by atoms with Gasteiger partial charge in [0.1, 0.15) is 0 Å². The Labute approximate surface area is 136 Å². The second kappa shape index (κ2) is 16.1. The van der Waals surface area contributed by atoms with E-state index in [0.717, 1.165) is 0 Å².